The number of hydrogen-bond donors (Lipinski definition) is 2. The van der Waals surface area contributed by atoms with Gasteiger partial charge in [-0.2, -0.15) is 5.10 Å². The number of esters is 1. The van der Waals surface area contributed by atoms with E-state index in [1.807, 2.05) is 0 Å². The van der Waals surface area contributed by atoms with Gasteiger partial charge in [0.1, 0.15) is 5.00 Å². The molecule has 0 aromatic carbocycles. The summed E-state index contributed by atoms with van der Waals surface area (Å²) in [5, 5.41) is 12.3. The van der Waals surface area contributed by atoms with Crippen molar-refractivity contribution in [1.29, 1.82) is 0 Å². The Morgan fingerprint density at radius 1 is 1.42 bits per heavy atom. The van der Waals surface area contributed by atoms with Crippen LogP contribution in [0.15, 0.2) is 12.4 Å². The zero-order valence-electron chi connectivity index (χ0n) is 14.5. The monoisotopic (exact) mass is 412 g/mol. The minimum atomic E-state index is -0.305. The normalized spacial score (nSPS) is 13.6. The van der Waals surface area contributed by atoms with E-state index in [-0.39, 0.29) is 5.97 Å². The maximum Gasteiger partial charge on any atom is 0.341 e. The maximum absolute atomic E-state index is 12.3. The highest BCUT2D eigenvalue weighted by Gasteiger charge is 2.25. The van der Waals surface area contributed by atoms with Gasteiger partial charge in [0.25, 0.3) is 0 Å². The number of nitrogens with zero attached hydrogens (tertiary/aromatic N) is 2. The van der Waals surface area contributed by atoms with Crippen LogP contribution in [0.5, 0.6) is 0 Å². The number of carbonyl (C=O) groups is 1. The first-order valence-electron chi connectivity index (χ1n) is 8.54. The van der Waals surface area contributed by atoms with Crippen molar-refractivity contribution in [2.24, 2.45) is 0 Å². The van der Waals surface area contributed by atoms with Gasteiger partial charge in [-0.15, -0.1) is 11.3 Å². The molecule has 26 heavy (non-hydrogen) atoms. The van der Waals surface area contributed by atoms with E-state index >= 15 is 0 Å². The smallest absolute Gasteiger partial charge is 0.341 e. The number of aromatic nitrogens is 2. The molecule has 2 aromatic rings. The number of nitrogens with one attached hydrogen (secondary N) is 2. The van der Waals surface area contributed by atoms with Gasteiger partial charge >= 0.3 is 5.97 Å². The van der Waals surface area contributed by atoms with Gasteiger partial charge in [-0.3, -0.25) is 4.68 Å². The topological polar surface area (TPSA) is 68.2 Å². The molecule has 0 saturated carbocycles. The fraction of sp³-hybridized carbons (Fsp3) is 0.471. The van der Waals surface area contributed by atoms with Crippen molar-refractivity contribution in [3.63, 3.8) is 0 Å². The van der Waals surface area contributed by atoms with E-state index in [1.165, 1.54) is 18.4 Å². The molecule has 0 unspecified atom stereocenters. The van der Waals surface area contributed by atoms with Gasteiger partial charge in [-0.1, -0.05) is 18.0 Å². The molecule has 0 spiro atoms. The zero-order chi connectivity index (χ0) is 18.5. The summed E-state index contributed by atoms with van der Waals surface area (Å²) in [7, 11) is 1.42. The standard InChI is InChI=1S/C17H21ClN4O2S2/c1-24-16(23)14-12-5-3-2-4-6-13(12)26-15(14)21-17(25)19-7-8-22-10-11(18)9-20-22/h9-10H,2-8H2,1H3,(H2,19,21,25). The van der Waals surface area contributed by atoms with Gasteiger partial charge in [0, 0.05) is 17.6 Å². The van der Waals surface area contributed by atoms with E-state index in [0.717, 1.165) is 36.2 Å². The van der Waals surface area contributed by atoms with E-state index in [2.05, 4.69) is 15.7 Å². The maximum atomic E-state index is 12.3. The summed E-state index contributed by atoms with van der Waals surface area (Å²) < 4.78 is 6.75. The molecule has 9 heteroatoms. The highest BCUT2D eigenvalue weighted by Crippen LogP contribution is 2.37. The Kier molecular flexibility index (Phi) is 6.50. The van der Waals surface area contributed by atoms with Crippen molar-refractivity contribution in [3.8, 4) is 0 Å². The highest BCUT2D eigenvalue weighted by molar-refractivity contribution is 7.80. The Balaban J connectivity index is 1.66. The number of fused-ring (bicyclic) bond motifs is 1. The lowest BCUT2D eigenvalue weighted by molar-refractivity contribution is 0.0601. The van der Waals surface area contributed by atoms with E-state index in [0.29, 0.717) is 28.8 Å². The van der Waals surface area contributed by atoms with Crippen LogP contribution in [-0.2, 0) is 24.1 Å². The van der Waals surface area contributed by atoms with Gasteiger partial charge < -0.3 is 15.4 Å². The lowest BCUT2D eigenvalue weighted by atomic mass is 10.1. The average Bonchev–Trinajstić information content (AvgIpc) is 3.09. The number of anilines is 1. The predicted molar refractivity (Wildman–Crippen MR) is 108 cm³/mol. The third kappa shape index (κ3) is 4.55. The van der Waals surface area contributed by atoms with Crippen molar-refractivity contribution >= 4 is 51.2 Å². The predicted octanol–water partition coefficient (Wildman–Crippen LogP) is 3.64. The van der Waals surface area contributed by atoms with E-state index in [9.17, 15) is 4.79 Å². The Morgan fingerprint density at radius 3 is 2.96 bits per heavy atom. The van der Waals surface area contributed by atoms with Crippen molar-refractivity contribution in [3.05, 3.63) is 33.4 Å². The molecule has 2 heterocycles. The Morgan fingerprint density at radius 2 is 2.23 bits per heavy atom. The van der Waals surface area contributed by atoms with Gasteiger partial charge in [-0.05, 0) is 43.5 Å². The molecule has 0 bridgehead atoms. The van der Waals surface area contributed by atoms with Crippen molar-refractivity contribution in [2.45, 2.75) is 38.6 Å². The van der Waals surface area contributed by atoms with E-state index < -0.39 is 0 Å². The Labute approximate surface area is 166 Å². The van der Waals surface area contributed by atoms with Crippen LogP contribution in [0.1, 0.15) is 40.1 Å². The largest absolute Gasteiger partial charge is 0.465 e. The van der Waals surface area contributed by atoms with Crippen molar-refractivity contribution < 1.29 is 9.53 Å². The molecular weight excluding hydrogens is 392 g/mol. The Bertz CT molecular complexity index is 803. The number of carbonyl (C=O) groups excluding carboxylic acids is 1. The van der Waals surface area contributed by atoms with E-state index in [1.54, 1.807) is 28.4 Å². The van der Waals surface area contributed by atoms with E-state index in [4.69, 9.17) is 28.6 Å². The molecule has 0 aliphatic heterocycles. The third-order valence-electron chi connectivity index (χ3n) is 4.27. The first-order chi connectivity index (χ1) is 12.6. The summed E-state index contributed by atoms with van der Waals surface area (Å²) >= 11 is 12.8. The Hall–Kier alpha value is -1.64. The fourth-order valence-electron chi connectivity index (χ4n) is 3.04. The second-order valence-electron chi connectivity index (χ2n) is 6.06. The number of thiocarbonyl (C=S) groups is 1. The van der Waals surface area contributed by atoms with Crippen LogP contribution in [0.25, 0.3) is 0 Å². The van der Waals surface area contributed by atoms with Gasteiger partial charge in [0.05, 0.1) is 30.4 Å². The molecule has 2 N–H and O–H groups in total. The molecule has 0 saturated heterocycles. The molecule has 2 aromatic heterocycles. The summed E-state index contributed by atoms with van der Waals surface area (Å²) in [6.45, 7) is 1.24. The molecule has 0 atom stereocenters. The van der Waals surface area contributed by atoms with Crippen LogP contribution < -0.4 is 10.6 Å². The first-order valence-corrected chi connectivity index (χ1v) is 10.1. The first kappa shape index (κ1) is 19.1. The second-order valence-corrected chi connectivity index (χ2v) is 8.01. The molecular formula is C17H21ClN4O2S2. The summed E-state index contributed by atoms with van der Waals surface area (Å²) in [5.74, 6) is -0.305. The SMILES string of the molecule is COC(=O)c1c(NC(=S)NCCn2cc(Cl)cn2)sc2c1CCCCC2. The summed E-state index contributed by atoms with van der Waals surface area (Å²) in [6.07, 6.45) is 8.72. The van der Waals surface area contributed by atoms with Crippen molar-refractivity contribution in [2.75, 3.05) is 19.0 Å². The van der Waals surface area contributed by atoms with Crippen LogP contribution in [0.2, 0.25) is 5.02 Å². The molecule has 3 rings (SSSR count). The van der Waals surface area contributed by atoms with Crippen LogP contribution in [0.4, 0.5) is 5.00 Å². The number of halogens is 1. The number of methoxy groups -OCH3 is 1. The quantitative estimate of drug-likeness (QED) is 0.444. The van der Waals surface area contributed by atoms with Crippen LogP contribution in [-0.4, -0.2) is 34.5 Å². The number of thiophene rings is 1. The molecule has 140 valence electrons. The number of hydrogen-bond acceptors (Lipinski definition) is 5. The average molecular weight is 413 g/mol. The number of aryl methyl sites for hydroxylation is 1. The highest BCUT2D eigenvalue weighted by atomic mass is 35.5. The summed E-state index contributed by atoms with van der Waals surface area (Å²) in [5.41, 5.74) is 1.76. The molecule has 0 fully saturated rings. The number of rotatable bonds is 5. The second kappa shape index (κ2) is 8.83. The summed E-state index contributed by atoms with van der Waals surface area (Å²) in [6, 6.07) is 0. The lowest BCUT2D eigenvalue weighted by Gasteiger charge is -2.11. The molecule has 1 aliphatic rings. The lowest BCUT2D eigenvalue weighted by Crippen LogP contribution is -2.31. The third-order valence-corrected chi connectivity index (χ3v) is 5.91. The summed E-state index contributed by atoms with van der Waals surface area (Å²) in [4.78, 5) is 13.6. The minimum absolute atomic E-state index is 0.305. The van der Waals surface area contributed by atoms with Gasteiger partial charge in [0.15, 0.2) is 5.11 Å². The number of ether oxygens (including phenoxy) is 1. The fourth-order valence-corrected chi connectivity index (χ4v) is 4.75. The van der Waals surface area contributed by atoms with Crippen molar-refractivity contribution in [1.82, 2.24) is 15.1 Å². The molecule has 6 nitrogen and oxygen atoms in total. The van der Waals surface area contributed by atoms with Gasteiger partial charge in [-0.25, -0.2) is 4.79 Å². The molecule has 1 aliphatic carbocycles. The zero-order valence-corrected chi connectivity index (χ0v) is 16.9. The van der Waals surface area contributed by atoms with Crippen LogP contribution >= 0.6 is 35.2 Å². The minimum Gasteiger partial charge on any atom is -0.465 e. The molecule has 0 amide bonds. The van der Waals surface area contributed by atoms with Crippen LogP contribution in [0.3, 0.4) is 0 Å². The van der Waals surface area contributed by atoms with Crippen LogP contribution in [0, 0.1) is 0 Å². The van der Waals surface area contributed by atoms with Gasteiger partial charge in [0.2, 0.25) is 0 Å². The molecule has 0 radical (unpaired) electrons.